The van der Waals surface area contributed by atoms with E-state index in [1.54, 1.807) is 6.92 Å². The van der Waals surface area contributed by atoms with Crippen molar-refractivity contribution >= 4 is 5.91 Å². The van der Waals surface area contributed by atoms with Crippen molar-refractivity contribution in [2.45, 2.75) is 39.8 Å². The number of nitrogens with one attached hydrogen (secondary N) is 1. The summed E-state index contributed by atoms with van der Waals surface area (Å²) in [5.41, 5.74) is 3.22. The second-order valence-corrected chi connectivity index (χ2v) is 5.67. The van der Waals surface area contributed by atoms with Crippen LogP contribution in [0.2, 0.25) is 0 Å². The molecule has 0 heterocycles. The first-order valence-corrected chi connectivity index (χ1v) is 7.56. The summed E-state index contributed by atoms with van der Waals surface area (Å²) in [6, 6.07) is 15.8. The monoisotopic (exact) mass is 297 g/mol. The van der Waals surface area contributed by atoms with Crippen LogP contribution in [0.5, 0.6) is 5.75 Å². The van der Waals surface area contributed by atoms with Crippen LogP contribution in [0.1, 0.15) is 36.6 Å². The van der Waals surface area contributed by atoms with Gasteiger partial charge in [0.15, 0.2) is 6.10 Å². The van der Waals surface area contributed by atoms with Crippen molar-refractivity contribution in [3.05, 3.63) is 65.2 Å². The predicted molar refractivity (Wildman–Crippen MR) is 89.0 cm³/mol. The SMILES string of the molecule is Cc1ccc(C)c(OC(C)C(=O)N[C@@H](C)c2ccccc2)c1. The number of hydrogen-bond donors (Lipinski definition) is 1. The van der Waals surface area contributed by atoms with Crippen molar-refractivity contribution < 1.29 is 9.53 Å². The standard InChI is InChI=1S/C19H23NO2/c1-13-10-11-14(2)18(12-13)22-16(4)19(21)20-15(3)17-8-6-5-7-9-17/h5-12,15-16H,1-4H3,(H,20,21)/t15-,16?/m0/s1. The number of rotatable bonds is 5. The minimum absolute atomic E-state index is 0.0432. The molecule has 0 aliphatic carbocycles. The third-order valence-corrected chi connectivity index (χ3v) is 3.67. The molecule has 2 aromatic rings. The van der Waals surface area contributed by atoms with E-state index in [1.165, 1.54) is 0 Å². The van der Waals surface area contributed by atoms with Crippen LogP contribution in [0, 0.1) is 13.8 Å². The summed E-state index contributed by atoms with van der Waals surface area (Å²) < 4.78 is 5.81. The summed E-state index contributed by atoms with van der Waals surface area (Å²) in [5.74, 6) is 0.646. The highest BCUT2D eigenvalue weighted by atomic mass is 16.5. The summed E-state index contributed by atoms with van der Waals surface area (Å²) in [6.07, 6.45) is -0.535. The fourth-order valence-electron chi connectivity index (χ4n) is 2.23. The Hall–Kier alpha value is -2.29. The molecular formula is C19H23NO2. The van der Waals surface area contributed by atoms with Gasteiger partial charge in [0, 0.05) is 0 Å². The maximum Gasteiger partial charge on any atom is 0.261 e. The molecule has 1 N–H and O–H groups in total. The Kier molecular flexibility index (Phi) is 5.21. The Morgan fingerprint density at radius 3 is 2.41 bits per heavy atom. The minimum atomic E-state index is -0.535. The Morgan fingerprint density at radius 1 is 1.05 bits per heavy atom. The highest BCUT2D eigenvalue weighted by molar-refractivity contribution is 5.81. The fraction of sp³-hybridized carbons (Fsp3) is 0.316. The zero-order valence-corrected chi connectivity index (χ0v) is 13.6. The predicted octanol–water partition coefficient (Wildman–Crippen LogP) is 3.95. The van der Waals surface area contributed by atoms with E-state index in [0.29, 0.717) is 0 Å². The van der Waals surface area contributed by atoms with Crippen LogP contribution in [0.3, 0.4) is 0 Å². The highest BCUT2D eigenvalue weighted by Crippen LogP contribution is 2.21. The highest BCUT2D eigenvalue weighted by Gasteiger charge is 2.18. The Morgan fingerprint density at radius 2 is 1.73 bits per heavy atom. The molecule has 22 heavy (non-hydrogen) atoms. The third-order valence-electron chi connectivity index (χ3n) is 3.67. The molecule has 0 bridgehead atoms. The van der Waals surface area contributed by atoms with Gasteiger partial charge in [-0.3, -0.25) is 4.79 Å². The first-order chi connectivity index (χ1) is 10.5. The first-order valence-electron chi connectivity index (χ1n) is 7.56. The average Bonchev–Trinajstić information content (AvgIpc) is 2.51. The summed E-state index contributed by atoms with van der Waals surface area (Å²) in [4.78, 5) is 12.3. The van der Waals surface area contributed by atoms with Gasteiger partial charge in [-0.05, 0) is 50.5 Å². The summed E-state index contributed by atoms with van der Waals surface area (Å²) in [6.45, 7) is 7.73. The lowest BCUT2D eigenvalue weighted by molar-refractivity contribution is -0.127. The molecule has 1 unspecified atom stereocenters. The minimum Gasteiger partial charge on any atom is -0.481 e. The number of ether oxygens (including phenoxy) is 1. The number of hydrogen-bond acceptors (Lipinski definition) is 2. The molecule has 0 saturated heterocycles. The maximum absolute atomic E-state index is 12.3. The van der Waals surface area contributed by atoms with Crippen LogP contribution >= 0.6 is 0 Å². The molecule has 0 aliphatic rings. The molecule has 116 valence electrons. The normalized spacial score (nSPS) is 13.3. The van der Waals surface area contributed by atoms with Crippen LogP contribution in [0.4, 0.5) is 0 Å². The van der Waals surface area contributed by atoms with E-state index >= 15 is 0 Å². The molecule has 0 aliphatic heterocycles. The summed E-state index contributed by atoms with van der Waals surface area (Å²) in [5, 5.41) is 2.99. The van der Waals surface area contributed by atoms with Crippen molar-refractivity contribution in [1.29, 1.82) is 0 Å². The van der Waals surface area contributed by atoms with E-state index in [0.717, 1.165) is 22.4 Å². The van der Waals surface area contributed by atoms with Gasteiger partial charge in [-0.15, -0.1) is 0 Å². The fourth-order valence-corrected chi connectivity index (χ4v) is 2.23. The van der Waals surface area contributed by atoms with Crippen molar-refractivity contribution in [1.82, 2.24) is 5.32 Å². The van der Waals surface area contributed by atoms with Gasteiger partial charge in [-0.1, -0.05) is 42.5 Å². The lowest BCUT2D eigenvalue weighted by Gasteiger charge is -2.20. The number of amides is 1. The summed E-state index contributed by atoms with van der Waals surface area (Å²) in [7, 11) is 0. The molecule has 3 heteroatoms. The maximum atomic E-state index is 12.3. The van der Waals surface area contributed by atoms with Crippen molar-refractivity contribution in [3.63, 3.8) is 0 Å². The second kappa shape index (κ2) is 7.12. The van der Waals surface area contributed by atoms with Crippen LogP contribution in [-0.2, 0) is 4.79 Å². The number of aryl methyl sites for hydroxylation is 2. The van der Waals surface area contributed by atoms with Crippen LogP contribution in [-0.4, -0.2) is 12.0 Å². The van der Waals surface area contributed by atoms with Gasteiger partial charge in [0.2, 0.25) is 0 Å². The molecule has 0 aromatic heterocycles. The summed E-state index contributed by atoms with van der Waals surface area (Å²) >= 11 is 0. The van der Waals surface area contributed by atoms with Gasteiger partial charge >= 0.3 is 0 Å². The smallest absolute Gasteiger partial charge is 0.261 e. The van der Waals surface area contributed by atoms with Crippen molar-refractivity contribution in [2.24, 2.45) is 0 Å². The Balaban J connectivity index is 1.99. The van der Waals surface area contributed by atoms with Crippen molar-refractivity contribution in [2.75, 3.05) is 0 Å². The molecule has 1 amide bonds. The molecule has 0 radical (unpaired) electrons. The third kappa shape index (κ3) is 4.10. The Bertz CT molecular complexity index is 637. The van der Waals surface area contributed by atoms with E-state index in [1.807, 2.05) is 69.3 Å². The largest absolute Gasteiger partial charge is 0.481 e. The van der Waals surface area contributed by atoms with Crippen LogP contribution < -0.4 is 10.1 Å². The molecule has 2 aromatic carbocycles. The van der Waals surface area contributed by atoms with Gasteiger partial charge < -0.3 is 10.1 Å². The number of benzene rings is 2. The van der Waals surface area contributed by atoms with Gasteiger partial charge in [0.05, 0.1) is 6.04 Å². The van der Waals surface area contributed by atoms with E-state index < -0.39 is 6.10 Å². The van der Waals surface area contributed by atoms with Gasteiger partial charge in [0.1, 0.15) is 5.75 Å². The lowest BCUT2D eigenvalue weighted by Crippen LogP contribution is -2.37. The quantitative estimate of drug-likeness (QED) is 0.907. The second-order valence-electron chi connectivity index (χ2n) is 5.67. The molecule has 0 saturated carbocycles. The van der Waals surface area contributed by atoms with Gasteiger partial charge in [0.25, 0.3) is 5.91 Å². The topological polar surface area (TPSA) is 38.3 Å². The zero-order chi connectivity index (χ0) is 16.1. The molecule has 2 atom stereocenters. The average molecular weight is 297 g/mol. The lowest BCUT2D eigenvalue weighted by atomic mass is 10.1. The number of carbonyl (C=O) groups excluding carboxylic acids is 1. The van der Waals surface area contributed by atoms with Crippen LogP contribution in [0.15, 0.2) is 48.5 Å². The number of carbonyl (C=O) groups is 1. The van der Waals surface area contributed by atoms with Gasteiger partial charge in [-0.2, -0.15) is 0 Å². The molecular weight excluding hydrogens is 274 g/mol. The van der Waals surface area contributed by atoms with E-state index in [9.17, 15) is 4.79 Å². The Labute approximate surface area is 132 Å². The zero-order valence-electron chi connectivity index (χ0n) is 13.6. The van der Waals surface area contributed by atoms with E-state index in [2.05, 4.69) is 5.32 Å². The van der Waals surface area contributed by atoms with E-state index in [-0.39, 0.29) is 11.9 Å². The molecule has 3 nitrogen and oxygen atoms in total. The van der Waals surface area contributed by atoms with E-state index in [4.69, 9.17) is 4.74 Å². The van der Waals surface area contributed by atoms with Crippen LogP contribution in [0.25, 0.3) is 0 Å². The first kappa shape index (κ1) is 16.1. The molecule has 0 spiro atoms. The molecule has 0 fully saturated rings. The molecule has 2 rings (SSSR count). The van der Waals surface area contributed by atoms with Crippen molar-refractivity contribution in [3.8, 4) is 5.75 Å². The van der Waals surface area contributed by atoms with Gasteiger partial charge in [-0.25, -0.2) is 0 Å².